The van der Waals surface area contributed by atoms with E-state index in [-0.39, 0.29) is 16.8 Å². The molecule has 1 N–H and O–H groups in total. The molecule has 3 rings (SSSR count). The third-order valence-electron chi connectivity index (χ3n) is 4.98. The fourth-order valence-electron chi connectivity index (χ4n) is 3.76. The number of rotatable bonds is 9. The second kappa shape index (κ2) is 9.62. The normalized spacial score (nSPS) is 14.1. The maximum Gasteiger partial charge on any atom is 0.264 e. The predicted molar refractivity (Wildman–Crippen MR) is 122 cm³/mol. The highest BCUT2D eigenvalue weighted by Crippen LogP contribution is 2.38. The lowest BCUT2D eigenvalue weighted by atomic mass is 10.1. The molecule has 0 bridgehead atoms. The van der Waals surface area contributed by atoms with E-state index in [1.807, 2.05) is 6.92 Å². The van der Waals surface area contributed by atoms with Crippen LogP contribution in [0.15, 0.2) is 36.4 Å². The molecule has 0 aliphatic carbocycles. The molecule has 0 unspecified atom stereocenters. The van der Waals surface area contributed by atoms with E-state index in [9.17, 15) is 22.8 Å². The molecule has 0 saturated carbocycles. The predicted octanol–water partition coefficient (Wildman–Crippen LogP) is 2.82. The minimum Gasteiger partial charge on any atom is -0.490 e. The lowest BCUT2D eigenvalue weighted by molar-refractivity contribution is -0.114. The summed E-state index contributed by atoms with van der Waals surface area (Å²) in [7, 11) is -3.61. The molecule has 0 fully saturated rings. The van der Waals surface area contributed by atoms with Gasteiger partial charge in [-0.25, -0.2) is 8.42 Å². The Kier molecular flexibility index (Phi) is 7.06. The van der Waals surface area contributed by atoms with Crippen LogP contribution in [-0.4, -0.2) is 56.3 Å². The number of imide groups is 1. The zero-order chi connectivity index (χ0) is 24.3. The number of sulfone groups is 1. The maximum absolute atomic E-state index is 13.4. The van der Waals surface area contributed by atoms with E-state index in [0.29, 0.717) is 30.3 Å². The summed E-state index contributed by atoms with van der Waals surface area (Å²) in [6.45, 7) is 5.65. The summed E-state index contributed by atoms with van der Waals surface area (Å²) in [6.07, 6.45) is 1.04. The van der Waals surface area contributed by atoms with Gasteiger partial charge in [0.1, 0.15) is 9.84 Å². The van der Waals surface area contributed by atoms with Crippen molar-refractivity contribution in [2.24, 2.45) is 0 Å². The first-order valence-electron chi connectivity index (χ1n) is 10.4. The first-order chi connectivity index (χ1) is 15.6. The average molecular weight is 475 g/mol. The highest BCUT2D eigenvalue weighted by Gasteiger charge is 2.43. The van der Waals surface area contributed by atoms with Crippen molar-refractivity contribution in [1.29, 1.82) is 0 Å². The molecule has 33 heavy (non-hydrogen) atoms. The van der Waals surface area contributed by atoms with Gasteiger partial charge in [0.2, 0.25) is 5.91 Å². The SMILES string of the molecule is CCOc1ccc([C@@H](CS(C)(=O)=O)N2C(=O)c3cccc(NC(C)=O)c3C2=O)cc1OCC. The van der Waals surface area contributed by atoms with Crippen molar-refractivity contribution in [2.75, 3.05) is 30.5 Å². The number of hydrogen-bond donors (Lipinski definition) is 1. The minimum absolute atomic E-state index is 0.0344. The van der Waals surface area contributed by atoms with Crippen molar-refractivity contribution in [2.45, 2.75) is 26.8 Å². The van der Waals surface area contributed by atoms with Crippen LogP contribution in [0.4, 0.5) is 5.69 Å². The molecule has 1 aliphatic rings. The number of carbonyl (C=O) groups is 3. The van der Waals surface area contributed by atoms with Gasteiger partial charge in [-0.05, 0) is 43.7 Å². The van der Waals surface area contributed by atoms with E-state index in [2.05, 4.69) is 5.32 Å². The van der Waals surface area contributed by atoms with Gasteiger partial charge in [-0.3, -0.25) is 19.3 Å². The Morgan fingerprint density at radius 2 is 1.70 bits per heavy atom. The van der Waals surface area contributed by atoms with Crippen molar-refractivity contribution >= 4 is 33.2 Å². The van der Waals surface area contributed by atoms with Crippen molar-refractivity contribution in [3.8, 4) is 11.5 Å². The number of nitrogens with one attached hydrogen (secondary N) is 1. The molecular formula is C23H26N2O7S. The Hall–Kier alpha value is -3.40. The summed E-state index contributed by atoms with van der Waals surface area (Å²) in [5, 5.41) is 2.56. The lowest BCUT2D eigenvalue weighted by Crippen LogP contribution is -2.37. The molecule has 10 heteroatoms. The highest BCUT2D eigenvalue weighted by atomic mass is 32.2. The number of amides is 3. The Balaban J connectivity index is 2.12. The second-order valence-corrected chi connectivity index (χ2v) is 9.75. The van der Waals surface area contributed by atoms with Crippen molar-refractivity contribution in [1.82, 2.24) is 4.90 Å². The number of fused-ring (bicyclic) bond motifs is 1. The molecule has 1 atom stereocenters. The molecule has 9 nitrogen and oxygen atoms in total. The standard InChI is InChI=1S/C23H26N2O7S/c1-5-31-19-11-10-15(12-20(19)32-6-2)18(13-33(4,29)30)25-22(27)16-8-7-9-17(24-14(3)26)21(16)23(25)28/h7-12,18H,5-6,13H2,1-4H3,(H,24,26)/t18-/m1/s1. The number of anilines is 1. The van der Waals surface area contributed by atoms with Gasteiger partial charge in [-0.2, -0.15) is 0 Å². The first-order valence-corrected chi connectivity index (χ1v) is 12.5. The summed E-state index contributed by atoms with van der Waals surface area (Å²) < 4.78 is 35.8. The average Bonchev–Trinajstić information content (AvgIpc) is 2.98. The number of carbonyl (C=O) groups excluding carboxylic acids is 3. The third-order valence-corrected chi connectivity index (χ3v) is 5.90. The quantitative estimate of drug-likeness (QED) is 0.555. The molecular weight excluding hydrogens is 448 g/mol. The topological polar surface area (TPSA) is 119 Å². The van der Waals surface area contributed by atoms with Crippen LogP contribution in [0.2, 0.25) is 0 Å². The van der Waals surface area contributed by atoms with E-state index in [1.165, 1.54) is 19.1 Å². The fraction of sp³-hybridized carbons (Fsp3) is 0.348. The minimum atomic E-state index is -3.61. The summed E-state index contributed by atoms with van der Waals surface area (Å²) in [4.78, 5) is 39.2. The molecule has 0 spiro atoms. The van der Waals surface area contributed by atoms with Gasteiger partial charge in [0, 0.05) is 13.2 Å². The van der Waals surface area contributed by atoms with Crippen LogP contribution in [-0.2, 0) is 14.6 Å². The Labute approximate surface area is 192 Å². The number of hydrogen-bond acceptors (Lipinski definition) is 7. The van der Waals surface area contributed by atoms with E-state index < -0.39 is 39.4 Å². The van der Waals surface area contributed by atoms with Gasteiger partial charge in [-0.1, -0.05) is 12.1 Å². The van der Waals surface area contributed by atoms with E-state index in [0.717, 1.165) is 11.2 Å². The Morgan fingerprint density at radius 1 is 1.03 bits per heavy atom. The van der Waals surface area contributed by atoms with Crippen LogP contribution in [0.1, 0.15) is 53.1 Å². The van der Waals surface area contributed by atoms with Crippen LogP contribution < -0.4 is 14.8 Å². The zero-order valence-electron chi connectivity index (χ0n) is 18.9. The van der Waals surface area contributed by atoms with Crippen LogP contribution in [0, 0.1) is 0 Å². The fourth-order valence-corrected chi connectivity index (χ4v) is 4.68. The molecule has 0 aromatic heterocycles. The molecule has 3 amide bonds. The molecule has 176 valence electrons. The first kappa shape index (κ1) is 24.2. The van der Waals surface area contributed by atoms with Gasteiger partial charge in [0.05, 0.1) is 41.8 Å². The second-order valence-electron chi connectivity index (χ2n) is 7.57. The monoisotopic (exact) mass is 474 g/mol. The molecule has 2 aromatic rings. The van der Waals surface area contributed by atoms with Crippen LogP contribution >= 0.6 is 0 Å². The Bertz CT molecular complexity index is 1210. The van der Waals surface area contributed by atoms with Gasteiger partial charge < -0.3 is 14.8 Å². The van der Waals surface area contributed by atoms with Crippen LogP contribution in [0.5, 0.6) is 11.5 Å². The van der Waals surface area contributed by atoms with Gasteiger partial charge in [-0.15, -0.1) is 0 Å². The summed E-state index contributed by atoms with van der Waals surface area (Å²) in [5.41, 5.74) is 0.733. The van der Waals surface area contributed by atoms with E-state index >= 15 is 0 Å². The molecule has 0 saturated heterocycles. The van der Waals surface area contributed by atoms with Crippen molar-refractivity contribution in [3.05, 3.63) is 53.1 Å². The van der Waals surface area contributed by atoms with Crippen molar-refractivity contribution < 1.29 is 32.3 Å². The summed E-state index contributed by atoms with van der Waals surface area (Å²) in [6, 6.07) is 8.26. The smallest absolute Gasteiger partial charge is 0.264 e. The molecule has 1 heterocycles. The number of benzene rings is 2. The van der Waals surface area contributed by atoms with Gasteiger partial charge >= 0.3 is 0 Å². The number of nitrogens with zero attached hydrogens (tertiary/aromatic N) is 1. The van der Waals surface area contributed by atoms with E-state index in [1.54, 1.807) is 31.2 Å². The maximum atomic E-state index is 13.4. The Morgan fingerprint density at radius 3 is 2.30 bits per heavy atom. The van der Waals surface area contributed by atoms with E-state index in [4.69, 9.17) is 9.47 Å². The molecule has 2 aromatic carbocycles. The highest BCUT2D eigenvalue weighted by molar-refractivity contribution is 7.90. The van der Waals surface area contributed by atoms with Gasteiger partial charge in [0.15, 0.2) is 11.5 Å². The van der Waals surface area contributed by atoms with Crippen molar-refractivity contribution in [3.63, 3.8) is 0 Å². The molecule has 0 radical (unpaired) electrons. The van der Waals surface area contributed by atoms with Crippen LogP contribution in [0.3, 0.4) is 0 Å². The lowest BCUT2D eigenvalue weighted by Gasteiger charge is -2.27. The third kappa shape index (κ3) is 5.16. The zero-order valence-corrected chi connectivity index (χ0v) is 19.7. The summed E-state index contributed by atoms with van der Waals surface area (Å²) >= 11 is 0. The molecule has 1 aliphatic heterocycles. The largest absolute Gasteiger partial charge is 0.490 e. The van der Waals surface area contributed by atoms with Gasteiger partial charge in [0.25, 0.3) is 11.8 Å². The van der Waals surface area contributed by atoms with Crippen LogP contribution in [0.25, 0.3) is 0 Å². The summed E-state index contributed by atoms with van der Waals surface area (Å²) in [5.74, 6) is -1.35. The number of ether oxygens (including phenoxy) is 2.